The summed E-state index contributed by atoms with van der Waals surface area (Å²) >= 11 is 0. The van der Waals surface area contributed by atoms with Crippen LogP contribution in [0, 0.1) is 5.92 Å². The third-order valence-corrected chi connectivity index (χ3v) is 6.33. The van der Waals surface area contributed by atoms with E-state index in [1.807, 2.05) is 0 Å². The summed E-state index contributed by atoms with van der Waals surface area (Å²) in [6.07, 6.45) is -3.58. The van der Waals surface area contributed by atoms with Crippen LogP contribution in [-0.4, -0.2) is 64.9 Å². The van der Waals surface area contributed by atoms with Crippen LogP contribution in [0.1, 0.15) is 58.6 Å². The first-order chi connectivity index (χ1) is 15.9. The highest BCUT2D eigenvalue weighted by atomic mass is 19.4. The number of hydrogen-bond acceptors (Lipinski definition) is 4. The minimum atomic E-state index is -5.04. The lowest BCUT2D eigenvalue weighted by molar-refractivity contribution is -0.188. The predicted octanol–water partition coefficient (Wildman–Crippen LogP) is 3.01. The Balaban J connectivity index is 2.27. The number of rotatable bonds is 9. The third-order valence-electron chi connectivity index (χ3n) is 6.33. The van der Waals surface area contributed by atoms with Crippen molar-refractivity contribution in [2.24, 2.45) is 11.7 Å². The second-order valence-corrected chi connectivity index (χ2v) is 9.11. The Kier molecular flexibility index (Phi) is 9.49. The van der Waals surface area contributed by atoms with Gasteiger partial charge in [0.1, 0.15) is 6.04 Å². The maximum Gasteiger partial charge on any atom is 0.471 e. The molecule has 3 N–H and O–H groups in total. The zero-order valence-electron chi connectivity index (χ0n) is 20.1. The Labute approximate surface area is 198 Å². The second kappa shape index (κ2) is 11.7. The molecule has 34 heavy (non-hydrogen) atoms. The van der Waals surface area contributed by atoms with E-state index in [0.717, 1.165) is 4.90 Å². The van der Waals surface area contributed by atoms with Crippen molar-refractivity contribution in [2.45, 2.75) is 77.3 Å². The highest BCUT2D eigenvalue weighted by Gasteiger charge is 2.46. The van der Waals surface area contributed by atoms with Crippen molar-refractivity contribution in [3.8, 4) is 0 Å². The van der Waals surface area contributed by atoms with Crippen molar-refractivity contribution in [3.05, 3.63) is 35.9 Å². The third kappa shape index (κ3) is 6.71. The lowest BCUT2D eigenvalue weighted by Gasteiger charge is -2.37. The highest BCUT2D eigenvalue weighted by Crippen LogP contribution is 2.30. The molecule has 0 saturated carbocycles. The topological polar surface area (TPSA) is 95.7 Å². The first kappa shape index (κ1) is 27.6. The van der Waals surface area contributed by atoms with Crippen molar-refractivity contribution >= 4 is 17.7 Å². The fraction of sp³-hybridized carbons (Fsp3) is 0.625. The van der Waals surface area contributed by atoms with Crippen molar-refractivity contribution in [3.63, 3.8) is 0 Å². The number of amides is 3. The van der Waals surface area contributed by atoms with Crippen LogP contribution in [0.4, 0.5) is 13.2 Å². The molecule has 0 unspecified atom stereocenters. The van der Waals surface area contributed by atoms with E-state index in [1.54, 1.807) is 58.0 Å². The Morgan fingerprint density at radius 3 is 2.32 bits per heavy atom. The van der Waals surface area contributed by atoms with Crippen molar-refractivity contribution in [1.29, 1.82) is 0 Å². The van der Waals surface area contributed by atoms with E-state index in [0.29, 0.717) is 31.4 Å². The first-order valence-electron chi connectivity index (χ1n) is 11.7. The molecule has 0 radical (unpaired) electrons. The van der Waals surface area contributed by atoms with Crippen LogP contribution in [0.25, 0.3) is 0 Å². The molecule has 0 aromatic heterocycles. The van der Waals surface area contributed by atoms with Crippen LogP contribution in [0.3, 0.4) is 0 Å². The molecular formula is C24H35F3N4O3. The zero-order valence-corrected chi connectivity index (χ0v) is 20.1. The number of nitrogens with two attached hydrogens (primary N) is 1. The molecule has 7 nitrogen and oxygen atoms in total. The van der Waals surface area contributed by atoms with Crippen LogP contribution in [0.2, 0.25) is 0 Å². The quantitative estimate of drug-likeness (QED) is 0.563. The molecule has 1 aliphatic rings. The Bertz CT molecular complexity index is 848. The first-order valence-corrected chi connectivity index (χ1v) is 11.7. The average molecular weight is 485 g/mol. The monoisotopic (exact) mass is 484 g/mol. The van der Waals surface area contributed by atoms with Crippen LogP contribution >= 0.6 is 0 Å². The standard InChI is InChI=1S/C24H35F3N4O3/c1-5-19(28)21(32)29-20(15(2)3)22(33)30-13-9-12-18(30)14-31(23(34)24(25,26)27)16(4)17-10-7-6-8-11-17/h6-8,10-11,15-16,18-20H,5,9,12-14,28H2,1-4H3,(H,29,32)/t16-,18+,19+,20+/m1/s1. The van der Waals surface area contributed by atoms with Gasteiger partial charge >= 0.3 is 12.1 Å². The number of nitrogens with zero attached hydrogens (tertiary/aromatic N) is 2. The SMILES string of the molecule is CC[C@H](N)C(=O)N[C@H](C(=O)N1CCC[C@H]1CN(C(=O)C(F)(F)F)[C@H](C)c1ccccc1)C(C)C. The number of benzene rings is 1. The highest BCUT2D eigenvalue weighted by molar-refractivity contribution is 5.90. The van der Waals surface area contributed by atoms with Gasteiger partial charge in [0.2, 0.25) is 11.8 Å². The molecular weight excluding hydrogens is 449 g/mol. The van der Waals surface area contributed by atoms with E-state index >= 15 is 0 Å². The van der Waals surface area contributed by atoms with Gasteiger partial charge in [0.15, 0.2) is 0 Å². The number of nitrogens with one attached hydrogen (secondary N) is 1. The van der Waals surface area contributed by atoms with Gasteiger partial charge in [-0.3, -0.25) is 14.4 Å². The van der Waals surface area contributed by atoms with Gasteiger partial charge in [0, 0.05) is 19.1 Å². The van der Waals surface area contributed by atoms with Crippen LogP contribution in [-0.2, 0) is 14.4 Å². The Morgan fingerprint density at radius 2 is 1.79 bits per heavy atom. The number of alkyl halides is 3. The van der Waals surface area contributed by atoms with Crippen molar-refractivity contribution in [1.82, 2.24) is 15.1 Å². The summed E-state index contributed by atoms with van der Waals surface area (Å²) in [5.41, 5.74) is 6.35. The normalized spacial score (nSPS) is 19.0. The van der Waals surface area contributed by atoms with E-state index in [4.69, 9.17) is 5.73 Å². The summed E-state index contributed by atoms with van der Waals surface area (Å²) in [4.78, 5) is 40.4. The number of hydrogen-bond donors (Lipinski definition) is 2. The maximum absolute atomic E-state index is 13.5. The maximum atomic E-state index is 13.5. The molecule has 1 saturated heterocycles. The van der Waals surface area contributed by atoms with Gasteiger partial charge in [-0.1, -0.05) is 51.1 Å². The second-order valence-electron chi connectivity index (χ2n) is 9.11. The predicted molar refractivity (Wildman–Crippen MR) is 122 cm³/mol. The summed E-state index contributed by atoms with van der Waals surface area (Å²) in [7, 11) is 0. The number of carbonyl (C=O) groups excluding carboxylic acids is 3. The van der Waals surface area contributed by atoms with Gasteiger partial charge in [-0.2, -0.15) is 13.2 Å². The van der Waals surface area contributed by atoms with Gasteiger partial charge in [0.05, 0.1) is 12.1 Å². The molecule has 1 aromatic rings. The van der Waals surface area contributed by atoms with Crippen molar-refractivity contribution in [2.75, 3.05) is 13.1 Å². The van der Waals surface area contributed by atoms with Crippen LogP contribution in [0.5, 0.6) is 0 Å². The van der Waals surface area contributed by atoms with Gasteiger partial charge in [-0.15, -0.1) is 0 Å². The Morgan fingerprint density at radius 1 is 1.18 bits per heavy atom. The molecule has 4 atom stereocenters. The molecule has 0 bridgehead atoms. The molecule has 1 fully saturated rings. The van der Waals surface area contributed by atoms with Crippen LogP contribution in [0.15, 0.2) is 30.3 Å². The Hall–Kier alpha value is -2.62. The van der Waals surface area contributed by atoms with E-state index in [2.05, 4.69) is 5.32 Å². The molecule has 190 valence electrons. The molecule has 0 spiro atoms. The molecule has 1 aromatic carbocycles. The smallest absolute Gasteiger partial charge is 0.343 e. The minimum absolute atomic E-state index is 0.252. The molecule has 2 rings (SSSR count). The summed E-state index contributed by atoms with van der Waals surface area (Å²) in [5.74, 6) is -3.01. The van der Waals surface area contributed by atoms with Crippen LogP contribution < -0.4 is 11.1 Å². The molecule has 3 amide bonds. The lowest BCUT2D eigenvalue weighted by Crippen LogP contribution is -2.57. The largest absolute Gasteiger partial charge is 0.471 e. The molecule has 10 heteroatoms. The lowest BCUT2D eigenvalue weighted by atomic mass is 10.0. The fourth-order valence-electron chi connectivity index (χ4n) is 4.17. The summed E-state index contributed by atoms with van der Waals surface area (Å²) in [6.45, 7) is 6.95. The van der Waals surface area contributed by atoms with Crippen molar-refractivity contribution < 1.29 is 27.6 Å². The summed E-state index contributed by atoms with van der Waals surface area (Å²) < 4.78 is 40.4. The van der Waals surface area contributed by atoms with E-state index in [1.165, 1.54) is 4.90 Å². The molecule has 1 heterocycles. The number of carbonyl (C=O) groups is 3. The summed E-state index contributed by atoms with van der Waals surface area (Å²) in [6, 6.07) is 5.43. The number of likely N-dealkylation sites (tertiary alicyclic amines) is 1. The van der Waals surface area contributed by atoms with E-state index < -0.39 is 42.2 Å². The van der Waals surface area contributed by atoms with Gasteiger partial charge in [-0.25, -0.2) is 0 Å². The zero-order chi connectivity index (χ0) is 25.6. The molecule has 0 aliphatic carbocycles. The van der Waals surface area contributed by atoms with Gasteiger partial charge < -0.3 is 20.9 Å². The van der Waals surface area contributed by atoms with E-state index in [9.17, 15) is 27.6 Å². The van der Waals surface area contributed by atoms with Gasteiger partial charge in [0.25, 0.3) is 0 Å². The minimum Gasteiger partial charge on any atom is -0.343 e. The average Bonchev–Trinajstić information content (AvgIpc) is 3.26. The molecule has 1 aliphatic heterocycles. The van der Waals surface area contributed by atoms with Gasteiger partial charge in [-0.05, 0) is 37.7 Å². The number of halogens is 3. The van der Waals surface area contributed by atoms with E-state index in [-0.39, 0.29) is 18.4 Å². The fourth-order valence-corrected chi connectivity index (χ4v) is 4.17. The summed E-state index contributed by atoms with van der Waals surface area (Å²) in [5, 5.41) is 2.70.